The molecule has 1 spiro atoms. The maximum atomic E-state index is 14.6. The van der Waals surface area contributed by atoms with E-state index in [1.54, 1.807) is 21.7 Å². The van der Waals surface area contributed by atoms with Gasteiger partial charge >= 0.3 is 5.97 Å². The van der Waals surface area contributed by atoms with Gasteiger partial charge in [-0.2, -0.15) is 0 Å². The molecule has 5 bridgehead atoms. The van der Waals surface area contributed by atoms with Crippen LogP contribution < -0.4 is 0 Å². The first-order valence-electron chi connectivity index (χ1n) is 17.5. The second-order valence-corrected chi connectivity index (χ2v) is 13.4. The van der Waals surface area contributed by atoms with Gasteiger partial charge in [0.05, 0.1) is 18.1 Å². The van der Waals surface area contributed by atoms with E-state index in [4.69, 9.17) is 9.47 Å². The first-order chi connectivity index (χ1) is 22.7. The minimum atomic E-state index is -1.27. The fraction of sp³-hybridized carbons (Fsp3) is 0.622. The molecule has 0 radical (unpaired) electrons. The number of cyclic esters (lactones) is 1. The lowest BCUT2D eigenvalue weighted by Gasteiger charge is -2.36. The number of benzene rings is 1. The summed E-state index contributed by atoms with van der Waals surface area (Å²) in [6.45, 7) is 5.34. The van der Waals surface area contributed by atoms with Crippen molar-refractivity contribution in [3.05, 3.63) is 60.2 Å². The third-order valence-electron chi connectivity index (χ3n) is 10.4. The number of carbonyl (C=O) groups is 4. The summed E-state index contributed by atoms with van der Waals surface area (Å²) in [7, 11) is 1.73. The summed E-state index contributed by atoms with van der Waals surface area (Å²) >= 11 is 0. The summed E-state index contributed by atoms with van der Waals surface area (Å²) in [6.07, 6.45) is 12.6. The van der Waals surface area contributed by atoms with Gasteiger partial charge in [-0.15, -0.1) is 0 Å². The van der Waals surface area contributed by atoms with E-state index in [0.29, 0.717) is 38.9 Å². The lowest BCUT2D eigenvalue weighted by molar-refractivity contribution is -0.164. The van der Waals surface area contributed by atoms with Gasteiger partial charge in [-0.25, -0.2) is 0 Å². The minimum absolute atomic E-state index is 0.0756. The van der Waals surface area contributed by atoms with Gasteiger partial charge in [-0.3, -0.25) is 19.2 Å². The minimum Gasteiger partial charge on any atom is -0.455 e. The van der Waals surface area contributed by atoms with Crippen molar-refractivity contribution in [1.82, 2.24) is 14.7 Å². The second-order valence-electron chi connectivity index (χ2n) is 13.4. The highest BCUT2D eigenvalue weighted by Gasteiger charge is 2.73. The fourth-order valence-corrected chi connectivity index (χ4v) is 7.65. The molecular formula is C37H51N3O7. The highest BCUT2D eigenvalue weighted by Crippen LogP contribution is 2.56. The summed E-state index contributed by atoms with van der Waals surface area (Å²) in [5.41, 5.74) is -0.521. The molecule has 2 fully saturated rings. The molecule has 5 rings (SSSR count). The number of hydrogen-bond donors (Lipinski definition) is 1. The number of ether oxygens (including phenoxy) is 2. The Morgan fingerprint density at radius 2 is 1.68 bits per heavy atom. The molecule has 1 aromatic carbocycles. The van der Waals surface area contributed by atoms with Crippen molar-refractivity contribution in [3.63, 3.8) is 0 Å². The Morgan fingerprint density at radius 1 is 0.936 bits per heavy atom. The number of hydrogen-bond acceptors (Lipinski definition) is 7. The van der Waals surface area contributed by atoms with Crippen LogP contribution in [0.15, 0.2) is 54.6 Å². The molecule has 1 aromatic rings. The number of carbonyl (C=O) groups excluding carboxylic acids is 4. The summed E-state index contributed by atoms with van der Waals surface area (Å²) < 4.78 is 12.9. The van der Waals surface area contributed by atoms with E-state index in [9.17, 15) is 24.3 Å². The van der Waals surface area contributed by atoms with Crippen LogP contribution in [0, 0.1) is 11.8 Å². The van der Waals surface area contributed by atoms with Gasteiger partial charge in [-0.05, 0) is 38.2 Å². The van der Waals surface area contributed by atoms with Crippen LogP contribution in [-0.2, 0) is 28.7 Å². The average molecular weight is 650 g/mol. The number of amides is 3. The number of rotatable bonds is 11. The highest BCUT2D eigenvalue weighted by atomic mass is 16.6. The first kappa shape index (κ1) is 34.8. The molecule has 4 aliphatic heterocycles. The number of unbranched alkanes of at least 4 members (excludes halogenated alkanes) is 5. The van der Waals surface area contributed by atoms with Gasteiger partial charge in [0.2, 0.25) is 17.7 Å². The molecule has 0 aliphatic carbocycles. The molecule has 4 aliphatic rings. The zero-order valence-electron chi connectivity index (χ0n) is 28.1. The van der Waals surface area contributed by atoms with Gasteiger partial charge < -0.3 is 29.3 Å². The van der Waals surface area contributed by atoms with Crippen molar-refractivity contribution in [1.29, 1.82) is 0 Å². The Labute approximate surface area is 278 Å². The number of fused-ring (bicyclic) bond motifs is 2. The van der Waals surface area contributed by atoms with E-state index in [0.717, 1.165) is 37.7 Å². The van der Waals surface area contributed by atoms with Crippen LogP contribution in [0.3, 0.4) is 0 Å². The molecule has 4 heterocycles. The smallest absolute Gasteiger partial charge is 0.313 e. The Balaban J connectivity index is 1.54. The molecule has 2 saturated heterocycles. The molecule has 7 atom stereocenters. The second kappa shape index (κ2) is 15.6. The maximum Gasteiger partial charge on any atom is 0.313 e. The van der Waals surface area contributed by atoms with E-state index < -0.39 is 47.7 Å². The summed E-state index contributed by atoms with van der Waals surface area (Å²) in [4.78, 5) is 61.7. The molecule has 10 heteroatoms. The van der Waals surface area contributed by atoms with E-state index in [2.05, 4.69) is 6.92 Å². The SMILES string of the molecule is CCCCCN1C/C=C\CCC(=O)N(C)[C@H](C)[C@@H](c2ccccc2)OC(=O)[C@@H]2[C@@H]3C=C[C@]4(O3)[C@H](C1=O)N(CCCCCCO)C(=O)[C@@H]24. The lowest BCUT2D eigenvalue weighted by Crippen LogP contribution is -2.56. The molecule has 1 N–H and O–H groups in total. The monoisotopic (exact) mass is 649 g/mol. The highest BCUT2D eigenvalue weighted by molar-refractivity contribution is 5.99. The normalized spacial score (nSPS) is 31.9. The lowest BCUT2D eigenvalue weighted by atomic mass is 9.74. The number of likely N-dealkylation sites (tertiary alicyclic amines) is 1. The maximum absolute atomic E-state index is 14.6. The van der Waals surface area contributed by atoms with Crippen molar-refractivity contribution < 1.29 is 33.8 Å². The molecule has 0 unspecified atom stereocenters. The third-order valence-corrected chi connectivity index (χ3v) is 10.4. The van der Waals surface area contributed by atoms with E-state index in [-0.39, 0.29) is 30.7 Å². The molecule has 3 amide bonds. The summed E-state index contributed by atoms with van der Waals surface area (Å²) in [5.74, 6) is -2.92. The van der Waals surface area contributed by atoms with Crippen LogP contribution in [0.25, 0.3) is 0 Å². The molecule has 10 nitrogen and oxygen atoms in total. The van der Waals surface area contributed by atoms with E-state index in [1.807, 2.05) is 61.6 Å². The van der Waals surface area contributed by atoms with E-state index in [1.165, 1.54) is 0 Å². The third kappa shape index (κ3) is 7.04. The number of likely N-dealkylation sites (N-methyl/N-ethyl adjacent to an activating group) is 1. The number of allylic oxidation sites excluding steroid dienone is 1. The van der Waals surface area contributed by atoms with Crippen molar-refractivity contribution in [2.24, 2.45) is 11.8 Å². The zero-order valence-corrected chi connectivity index (χ0v) is 28.1. The van der Waals surface area contributed by atoms with Crippen molar-refractivity contribution >= 4 is 23.7 Å². The Hall–Kier alpha value is -3.50. The van der Waals surface area contributed by atoms with Gasteiger partial charge in [0.25, 0.3) is 0 Å². The van der Waals surface area contributed by atoms with Crippen LogP contribution >= 0.6 is 0 Å². The van der Waals surface area contributed by atoms with Crippen LogP contribution in [0.4, 0.5) is 0 Å². The Kier molecular flexibility index (Phi) is 11.6. The predicted octanol–water partition coefficient (Wildman–Crippen LogP) is 4.19. The van der Waals surface area contributed by atoms with Crippen LogP contribution in [0.5, 0.6) is 0 Å². The standard InChI is InChI=1S/C37H51N3O7/c1-4-5-13-22-39-23-14-9-12-19-29(42)38(3)26(2)32(27-17-10-8-11-18-27)46-36(45)30-28-20-21-37(47-28)31(30)34(43)40(33(37)35(39)44)24-15-6-7-16-25-41/h8-11,14,17-18,20-21,26,28,30-33,41H,4-7,12-13,15-16,19,22-25H2,1-3H3/b14-9-/t26-,28+,30-,31-,32+,33+,37-/m1/s1. The van der Waals surface area contributed by atoms with Crippen molar-refractivity contribution in [3.8, 4) is 0 Å². The topological polar surface area (TPSA) is 117 Å². The molecule has 256 valence electrons. The van der Waals surface area contributed by atoms with Crippen LogP contribution in [0.1, 0.15) is 83.3 Å². The van der Waals surface area contributed by atoms with Gasteiger partial charge in [0, 0.05) is 39.7 Å². The molecular weight excluding hydrogens is 598 g/mol. The summed E-state index contributed by atoms with van der Waals surface area (Å²) in [5, 5.41) is 9.24. The fourth-order valence-electron chi connectivity index (χ4n) is 7.65. The largest absolute Gasteiger partial charge is 0.455 e. The molecule has 0 aromatic heterocycles. The zero-order chi connectivity index (χ0) is 33.6. The van der Waals surface area contributed by atoms with Gasteiger partial charge in [0.15, 0.2) is 0 Å². The molecule has 47 heavy (non-hydrogen) atoms. The van der Waals surface area contributed by atoms with Crippen molar-refractivity contribution in [2.45, 2.75) is 102 Å². The quantitative estimate of drug-likeness (QED) is 0.217. The first-order valence-corrected chi connectivity index (χ1v) is 17.5. The Morgan fingerprint density at radius 3 is 2.43 bits per heavy atom. The summed E-state index contributed by atoms with van der Waals surface area (Å²) in [6, 6.07) is 7.98. The van der Waals surface area contributed by atoms with E-state index >= 15 is 0 Å². The van der Waals surface area contributed by atoms with Gasteiger partial charge in [0.1, 0.15) is 23.7 Å². The number of aliphatic hydroxyl groups excluding tert-OH is 1. The van der Waals surface area contributed by atoms with Crippen molar-refractivity contribution in [2.75, 3.05) is 33.3 Å². The number of aliphatic hydroxyl groups is 1. The molecule has 0 saturated carbocycles. The Bertz CT molecular complexity index is 1330. The number of nitrogens with zero attached hydrogens (tertiary/aromatic N) is 3. The van der Waals surface area contributed by atoms with Gasteiger partial charge in [-0.1, -0.05) is 87.2 Å². The number of esters is 1. The van der Waals surface area contributed by atoms with Crippen LogP contribution in [0.2, 0.25) is 0 Å². The van der Waals surface area contributed by atoms with Crippen LogP contribution in [-0.4, -0.2) is 101 Å². The predicted molar refractivity (Wildman–Crippen MR) is 177 cm³/mol. The average Bonchev–Trinajstić information content (AvgIpc) is 3.72.